The topological polar surface area (TPSA) is 99.2 Å². The zero-order valence-electron chi connectivity index (χ0n) is 19.4. The zero-order valence-corrected chi connectivity index (χ0v) is 20.3. The van der Waals surface area contributed by atoms with Crippen LogP contribution >= 0.6 is 0 Å². The summed E-state index contributed by atoms with van der Waals surface area (Å²) in [5, 5.41) is 0. The highest BCUT2D eigenvalue weighted by atomic mass is 32.2. The number of hydrogen-bond donors (Lipinski definition) is 0. The van der Waals surface area contributed by atoms with Crippen molar-refractivity contribution in [2.75, 3.05) is 20.3 Å². The molecule has 0 aliphatic carbocycles. The highest BCUT2D eigenvalue weighted by Crippen LogP contribution is 2.23. The Labute approximate surface area is 195 Å². The first kappa shape index (κ1) is 26.3. The van der Waals surface area contributed by atoms with E-state index in [1.54, 1.807) is 23.1 Å². The molecule has 33 heavy (non-hydrogen) atoms. The number of unbranched alkanes of at least 4 members (excludes halogenated alkanes) is 1. The van der Waals surface area contributed by atoms with Crippen LogP contribution in [0.1, 0.15) is 49.5 Å². The van der Waals surface area contributed by atoms with Gasteiger partial charge in [0.15, 0.2) is 0 Å². The van der Waals surface area contributed by atoms with Crippen molar-refractivity contribution in [3.8, 4) is 5.75 Å². The van der Waals surface area contributed by atoms with E-state index in [0.29, 0.717) is 13.0 Å². The quantitative estimate of drug-likeness (QED) is 0.260. The van der Waals surface area contributed by atoms with E-state index >= 15 is 0 Å². The molecule has 9 heteroatoms. The van der Waals surface area contributed by atoms with Crippen LogP contribution in [0, 0.1) is 0 Å². The van der Waals surface area contributed by atoms with E-state index in [4.69, 9.17) is 13.7 Å². The molecular formula is C24H31NO7S. The van der Waals surface area contributed by atoms with Crippen LogP contribution in [0.4, 0.5) is 0 Å². The Morgan fingerprint density at radius 2 is 1.70 bits per heavy atom. The first-order chi connectivity index (χ1) is 15.7. The molecule has 2 rings (SSSR count). The number of hydrogen-bond acceptors (Lipinski definition) is 7. The van der Waals surface area contributed by atoms with Crippen LogP contribution in [0.3, 0.4) is 0 Å². The van der Waals surface area contributed by atoms with Crippen LogP contribution in [0.25, 0.3) is 0 Å². The number of benzene rings is 2. The van der Waals surface area contributed by atoms with Gasteiger partial charge >= 0.3 is 16.1 Å². The predicted molar refractivity (Wildman–Crippen MR) is 123 cm³/mol. The predicted octanol–water partition coefficient (Wildman–Crippen LogP) is 3.79. The van der Waals surface area contributed by atoms with Crippen molar-refractivity contribution in [3.63, 3.8) is 0 Å². The third-order valence-corrected chi connectivity index (χ3v) is 6.11. The standard InChI is InChI=1S/C24H31NO7S/c1-5-6-15-31-24(27)21-9-7-8-10-22(21)33(28,29)32-20-13-11-19(12-14-20)16-25(18(2)3)23(26)17-30-4/h7-14,18H,5-6,15-17H2,1-4H3. The minimum Gasteiger partial charge on any atom is -0.462 e. The number of ether oxygens (including phenoxy) is 2. The van der Waals surface area contributed by atoms with Crippen molar-refractivity contribution in [3.05, 3.63) is 59.7 Å². The van der Waals surface area contributed by atoms with Crippen molar-refractivity contribution < 1.29 is 31.7 Å². The third-order valence-electron chi connectivity index (χ3n) is 4.80. The minimum atomic E-state index is -4.27. The SMILES string of the molecule is CCCCOC(=O)c1ccccc1S(=O)(=O)Oc1ccc(CN(C(=O)COC)C(C)C)cc1. The van der Waals surface area contributed by atoms with Gasteiger partial charge in [-0.05, 0) is 50.1 Å². The fourth-order valence-corrected chi connectivity index (χ4v) is 4.14. The van der Waals surface area contributed by atoms with Crippen molar-refractivity contribution in [2.24, 2.45) is 0 Å². The molecule has 0 aromatic heterocycles. The molecule has 0 fully saturated rings. The van der Waals surface area contributed by atoms with Crippen LogP contribution in [0.5, 0.6) is 5.75 Å². The van der Waals surface area contributed by atoms with Crippen molar-refractivity contribution in [1.29, 1.82) is 0 Å². The highest BCUT2D eigenvalue weighted by molar-refractivity contribution is 7.87. The van der Waals surface area contributed by atoms with Gasteiger partial charge in [0.05, 0.1) is 12.2 Å². The molecule has 0 saturated heterocycles. The highest BCUT2D eigenvalue weighted by Gasteiger charge is 2.25. The number of carbonyl (C=O) groups is 2. The molecular weight excluding hydrogens is 446 g/mol. The van der Waals surface area contributed by atoms with E-state index in [1.165, 1.54) is 37.4 Å². The molecule has 0 saturated carbocycles. The van der Waals surface area contributed by atoms with Gasteiger partial charge in [0.25, 0.3) is 0 Å². The average molecular weight is 478 g/mol. The van der Waals surface area contributed by atoms with Gasteiger partial charge in [-0.1, -0.05) is 37.6 Å². The monoisotopic (exact) mass is 477 g/mol. The van der Waals surface area contributed by atoms with Crippen LogP contribution in [0.2, 0.25) is 0 Å². The summed E-state index contributed by atoms with van der Waals surface area (Å²) in [6.45, 7) is 6.32. The van der Waals surface area contributed by atoms with E-state index in [9.17, 15) is 18.0 Å². The van der Waals surface area contributed by atoms with E-state index in [1.807, 2.05) is 20.8 Å². The van der Waals surface area contributed by atoms with Crippen LogP contribution in [-0.2, 0) is 30.9 Å². The van der Waals surface area contributed by atoms with Gasteiger partial charge in [0.1, 0.15) is 17.3 Å². The van der Waals surface area contributed by atoms with Gasteiger partial charge in [0, 0.05) is 19.7 Å². The summed E-state index contributed by atoms with van der Waals surface area (Å²) >= 11 is 0. The lowest BCUT2D eigenvalue weighted by Crippen LogP contribution is -2.38. The molecule has 0 bridgehead atoms. The molecule has 1 amide bonds. The number of rotatable bonds is 12. The molecule has 2 aromatic carbocycles. The van der Waals surface area contributed by atoms with Crippen LogP contribution < -0.4 is 4.18 Å². The first-order valence-electron chi connectivity index (χ1n) is 10.8. The lowest BCUT2D eigenvalue weighted by Gasteiger charge is -2.26. The molecule has 180 valence electrons. The van der Waals surface area contributed by atoms with Crippen molar-refractivity contribution in [1.82, 2.24) is 4.90 Å². The van der Waals surface area contributed by atoms with Gasteiger partial charge in [-0.15, -0.1) is 0 Å². The van der Waals surface area contributed by atoms with Gasteiger partial charge in [-0.25, -0.2) is 4.79 Å². The fourth-order valence-electron chi connectivity index (χ4n) is 3.02. The van der Waals surface area contributed by atoms with Crippen LogP contribution in [0.15, 0.2) is 53.4 Å². The number of carbonyl (C=O) groups excluding carboxylic acids is 2. The van der Waals surface area contributed by atoms with Gasteiger partial charge in [-0.3, -0.25) is 4.79 Å². The van der Waals surface area contributed by atoms with Gasteiger partial charge in [-0.2, -0.15) is 8.42 Å². The molecule has 0 aliphatic rings. The summed E-state index contributed by atoms with van der Waals surface area (Å²) in [4.78, 5) is 26.0. The summed E-state index contributed by atoms with van der Waals surface area (Å²) in [6.07, 6.45) is 1.54. The fraction of sp³-hybridized carbons (Fsp3) is 0.417. The molecule has 2 aromatic rings. The summed E-state index contributed by atoms with van der Waals surface area (Å²) in [6, 6.07) is 12.1. The minimum absolute atomic E-state index is 0.0160. The molecule has 0 unspecified atom stereocenters. The Bertz CT molecular complexity index is 1030. The molecule has 8 nitrogen and oxygen atoms in total. The van der Waals surface area contributed by atoms with Gasteiger partial charge in [0.2, 0.25) is 5.91 Å². The Kier molecular flexibility index (Phi) is 9.87. The number of methoxy groups -OCH3 is 1. The second-order valence-corrected chi connectivity index (χ2v) is 9.23. The molecule has 0 radical (unpaired) electrons. The normalized spacial score (nSPS) is 11.3. The Hall–Kier alpha value is -2.91. The smallest absolute Gasteiger partial charge is 0.340 e. The molecule has 0 spiro atoms. The Balaban J connectivity index is 2.16. The Morgan fingerprint density at radius 3 is 2.30 bits per heavy atom. The maximum Gasteiger partial charge on any atom is 0.340 e. The maximum absolute atomic E-state index is 12.9. The summed E-state index contributed by atoms with van der Waals surface area (Å²) in [5.41, 5.74) is 0.729. The van der Waals surface area contributed by atoms with Crippen molar-refractivity contribution >= 4 is 22.0 Å². The van der Waals surface area contributed by atoms with Gasteiger partial charge < -0.3 is 18.6 Å². The lowest BCUT2D eigenvalue weighted by molar-refractivity contribution is -0.137. The molecule has 0 aliphatic heterocycles. The molecule has 0 N–H and O–H groups in total. The zero-order chi connectivity index (χ0) is 24.4. The lowest BCUT2D eigenvalue weighted by atomic mass is 10.2. The average Bonchev–Trinajstić information content (AvgIpc) is 2.78. The van der Waals surface area contributed by atoms with E-state index in [2.05, 4.69) is 0 Å². The van der Waals surface area contributed by atoms with Crippen molar-refractivity contribution in [2.45, 2.75) is 51.1 Å². The van der Waals surface area contributed by atoms with E-state index < -0.39 is 16.1 Å². The summed E-state index contributed by atoms with van der Waals surface area (Å²) in [7, 11) is -2.81. The molecule has 0 atom stereocenters. The summed E-state index contributed by atoms with van der Waals surface area (Å²) in [5.74, 6) is -0.763. The first-order valence-corrected chi connectivity index (χ1v) is 12.2. The van der Waals surface area contributed by atoms with Crippen LogP contribution in [-0.4, -0.2) is 51.6 Å². The van der Waals surface area contributed by atoms with E-state index in [0.717, 1.165) is 12.0 Å². The largest absolute Gasteiger partial charge is 0.462 e. The second-order valence-electron chi connectivity index (χ2n) is 7.72. The maximum atomic E-state index is 12.9. The third kappa shape index (κ3) is 7.57. The number of esters is 1. The van der Waals surface area contributed by atoms with E-state index in [-0.39, 0.29) is 41.4 Å². The molecule has 0 heterocycles. The second kappa shape index (κ2) is 12.4. The number of amides is 1. The summed E-state index contributed by atoms with van der Waals surface area (Å²) < 4.78 is 41.1. The number of nitrogens with zero attached hydrogens (tertiary/aromatic N) is 1. The Morgan fingerprint density at radius 1 is 1.03 bits per heavy atom.